The standard InChI is InChI=1S/C13H17N3O2S/c1-4-12(18)15-13(19)14-10-6-5-7-11(8-10)16(3)9(2)17/h5-8H,4H2,1-3H3,(H2,14,15,18,19). The number of benzene rings is 1. The van der Waals surface area contributed by atoms with E-state index in [4.69, 9.17) is 12.2 Å². The fourth-order valence-electron chi connectivity index (χ4n) is 1.35. The lowest BCUT2D eigenvalue weighted by molar-refractivity contribution is -0.119. The van der Waals surface area contributed by atoms with Crippen LogP contribution in [-0.4, -0.2) is 24.0 Å². The Kier molecular flexibility index (Phi) is 5.44. The Morgan fingerprint density at radius 1 is 1.37 bits per heavy atom. The highest BCUT2D eigenvalue weighted by Crippen LogP contribution is 2.18. The van der Waals surface area contributed by atoms with Crippen LogP contribution in [0, 0.1) is 0 Å². The fourth-order valence-corrected chi connectivity index (χ4v) is 1.58. The SMILES string of the molecule is CCC(=O)NC(=S)Nc1cccc(N(C)C(C)=O)c1. The van der Waals surface area contributed by atoms with E-state index in [-0.39, 0.29) is 16.9 Å². The Balaban J connectivity index is 2.75. The predicted molar refractivity (Wildman–Crippen MR) is 80.2 cm³/mol. The summed E-state index contributed by atoms with van der Waals surface area (Å²) in [7, 11) is 1.69. The van der Waals surface area contributed by atoms with Gasteiger partial charge in [-0.15, -0.1) is 0 Å². The summed E-state index contributed by atoms with van der Waals surface area (Å²) < 4.78 is 0. The second-order valence-corrected chi connectivity index (χ2v) is 4.39. The van der Waals surface area contributed by atoms with Gasteiger partial charge >= 0.3 is 0 Å². The van der Waals surface area contributed by atoms with E-state index < -0.39 is 0 Å². The van der Waals surface area contributed by atoms with Crippen molar-refractivity contribution in [1.82, 2.24) is 5.32 Å². The van der Waals surface area contributed by atoms with Crippen molar-refractivity contribution in [3.63, 3.8) is 0 Å². The highest BCUT2D eigenvalue weighted by atomic mass is 32.1. The molecular weight excluding hydrogens is 262 g/mol. The van der Waals surface area contributed by atoms with Crippen LogP contribution < -0.4 is 15.5 Å². The molecule has 0 unspecified atom stereocenters. The lowest BCUT2D eigenvalue weighted by Gasteiger charge is -2.16. The summed E-state index contributed by atoms with van der Waals surface area (Å²) >= 11 is 5.02. The number of rotatable bonds is 3. The highest BCUT2D eigenvalue weighted by molar-refractivity contribution is 7.80. The minimum Gasteiger partial charge on any atom is -0.332 e. The Labute approximate surface area is 118 Å². The molecular formula is C13H17N3O2S. The van der Waals surface area contributed by atoms with E-state index in [1.807, 2.05) is 12.1 Å². The first-order chi connectivity index (χ1) is 8.93. The van der Waals surface area contributed by atoms with Gasteiger partial charge in [0.25, 0.3) is 0 Å². The molecule has 0 aromatic heterocycles. The summed E-state index contributed by atoms with van der Waals surface area (Å²) in [5, 5.41) is 5.70. The molecule has 0 aliphatic heterocycles. The van der Waals surface area contributed by atoms with Gasteiger partial charge in [-0.25, -0.2) is 0 Å². The molecule has 0 aliphatic carbocycles. The van der Waals surface area contributed by atoms with Gasteiger partial charge in [-0.1, -0.05) is 13.0 Å². The third-order valence-corrected chi connectivity index (χ3v) is 2.74. The normalized spacial score (nSPS) is 9.63. The third kappa shape index (κ3) is 4.67. The van der Waals surface area contributed by atoms with Crippen LogP contribution in [-0.2, 0) is 9.59 Å². The molecule has 6 heteroatoms. The highest BCUT2D eigenvalue weighted by Gasteiger charge is 2.07. The molecule has 0 heterocycles. The summed E-state index contributed by atoms with van der Waals surface area (Å²) in [6, 6.07) is 7.22. The van der Waals surface area contributed by atoms with Crippen LogP contribution in [0.15, 0.2) is 24.3 Å². The first-order valence-corrected chi connectivity index (χ1v) is 6.30. The van der Waals surface area contributed by atoms with Crippen molar-refractivity contribution < 1.29 is 9.59 Å². The molecule has 19 heavy (non-hydrogen) atoms. The molecule has 0 aliphatic rings. The van der Waals surface area contributed by atoms with Crippen molar-refractivity contribution in [1.29, 1.82) is 0 Å². The van der Waals surface area contributed by atoms with Crippen LogP contribution in [0.2, 0.25) is 0 Å². The minimum absolute atomic E-state index is 0.0565. The predicted octanol–water partition coefficient (Wildman–Crippen LogP) is 1.89. The number of nitrogens with zero attached hydrogens (tertiary/aromatic N) is 1. The molecule has 0 fully saturated rings. The van der Waals surface area contributed by atoms with Crippen molar-refractivity contribution >= 4 is 40.5 Å². The molecule has 1 aromatic rings. The lowest BCUT2D eigenvalue weighted by atomic mass is 10.2. The molecule has 102 valence electrons. The average molecular weight is 279 g/mol. The van der Waals surface area contributed by atoms with Gasteiger partial charge in [0.15, 0.2) is 5.11 Å². The molecule has 0 spiro atoms. The number of hydrogen-bond acceptors (Lipinski definition) is 3. The molecule has 2 amide bonds. The maximum Gasteiger partial charge on any atom is 0.225 e. The van der Waals surface area contributed by atoms with Gasteiger partial charge in [0, 0.05) is 31.8 Å². The largest absolute Gasteiger partial charge is 0.332 e. The Bertz CT molecular complexity index is 502. The van der Waals surface area contributed by atoms with Crippen LogP contribution in [0.4, 0.5) is 11.4 Å². The van der Waals surface area contributed by atoms with E-state index in [2.05, 4.69) is 10.6 Å². The van der Waals surface area contributed by atoms with Crippen molar-refractivity contribution in [2.24, 2.45) is 0 Å². The minimum atomic E-state index is -0.144. The quantitative estimate of drug-likeness (QED) is 0.830. The van der Waals surface area contributed by atoms with Crippen molar-refractivity contribution in [3.8, 4) is 0 Å². The second kappa shape index (κ2) is 6.84. The zero-order chi connectivity index (χ0) is 14.4. The van der Waals surface area contributed by atoms with Gasteiger partial charge in [-0.2, -0.15) is 0 Å². The number of nitrogens with one attached hydrogen (secondary N) is 2. The maximum atomic E-state index is 11.3. The van der Waals surface area contributed by atoms with Crippen LogP contribution in [0.25, 0.3) is 0 Å². The monoisotopic (exact) mass is 279 g/mol. The van der Waals surface area contributed by atoms with Gasteiger partial charge in [0.2, 0.25) is 11.8 Å². The van der Waals surface area contributed by atoms with Crippen LogP contribution in [0.3, 0.4) is 0 Å². The van der Waals surface area contributed by atoms with Gasteiger partial charge in [0.1, 0.15) is 0 Å². The van der Waals surface area contributed by atoms with E-state index in [0.717, 1.165) is 5.69 Å². The second-order valence-electron chi connectivity index (χ2n) is 3.98. The number of carbonyl (C=O) groups excluding carboxylic acids is 2. The molecule has 0 saturated carbocycles. The van der Waals surface area contributed by atoms with Gasteiger partial charge in [0.05, 0.1) is 0 Å². The molecule has 1 rings (SSSR count). The van der Waals surface area contributed by atoms with E-state index in [9.17, 15) is 9.59 Å². The molecule has 0 atom stereocenters. The average Bonchev–Trinajstić information content (AvgIpc) is 2.37. The molecule has 0 saturated heterocycles. The van der Waals surface area contributed by atoms with Crippen molar-refractivity contribution in [2.45, 2.75) is 20.3 Å². The number of anilines is 2. The van der Waals surface area contributed by atoms with E-state index in [0.29, 0.717) is 12.1 Å². The van der Waals surface area contributed by atoms with Gasteiger partial charge in [-0.05, 0) is 30.4 Å². The number of carbonyl (C=O) groups is 2. The smallest absolute Gasteiger partial charge is 0.225 e. The fraction of sp³-hybridized carbons (Fsp3) is 0.308. The van der Waals surface area contributed by atoms with Crippen molar-refractivity contribution in [2.75, 3.05) is 17.3 Å². The topological polar surface area (TPSA) is 61.4 Å². The van der Waals surface area contributed by atoms with Gasteiger partial charge < -0.3 is 15.5 Å². The van der Waals surface area contributed by atoms with Crippen LogP contribution in [0.5, 0.6) is 0 Å². The summed E-state index contributed by atoms with van der Waals surface area (Å²) in [5.74, 6) is -0.200. The summed E-state index contributed by atoms with van der Waals surface area (Å²) in [6.07, 6.45) is 0.370. The number of hydrogen-bond donors (Lipinski definition) is 2. The Morgan fingerprint density at radius 3 is 2.63 bits per heavy atom. The van der Waals surface area contributed by atoms with E-state index in [1.165, 1.54) is 11.8 Å². The van der Waals surface area contributed by atoms with Crippen LogP contribution >= 0.6 is 12.2 Å². The summed E-state index contributed by atoms with van der Waals surface area (Å²) in [6.45, 7) is 3.24. The zero-order valence-corrected chi connectivity index (χ0v) is 12.0. The van der Waals surface area contributed by atoms with E-state index in [1.54, 1.807) is 26.1 Å². The molecule has 0 radical (unpaired) electrons. The first kappa shape index (κ1) is 15.1. The van der Waals surface area contributed by atoms with Gasteiger partial charge in [-0.3, -0.25) is 9.59 Å². The Morgan fingerprint density at radius 2 is 2.05 bits per heavy atom. The molecule has 2 N–H and O–H groups in total. The van der Waals surface area contributed by atoms with Crippen molar-refractivity contribution in [3.05, 3.63) is 24.3 Å². The zero-order valence-electron chi connectivity index (χ0n) is 11.2. The lowest BCUT2D eigenvalue weighted by Crippen LogP contribution is -2.33. The van der Waals surface area contributed by atoms with E-state index >= 15 is 0 Å². The molecule has 0 bridgehead atoms. The van der Waals surface area contributed by atoms with Crippen LogP contribution in [0.1, 0.15) is 20.3 Å². The maximum absolute atomic E-state index is 11.3. The number of thiocarbonyl (C=S) groups is 1. The molecule has 5 nitrogen and oxygen atoms in total. The summed E-state index contributed by atoms with van der Waals surface area (Å²) in [5.41, 5.74) is 1.47. The summed E-state index contributed by atoms with van der Waals surface area (Å²) in [4.78, 5) is 24.0. The molecule has 1 aromatic carbocycles. The Hall–Kier alpha value is -1.95. The number of amides is 2. The first-order valence-electron chi connectivity index (χ1n) is 5.89. The third-order valence-electron chi connectivity index (χ3n) is 2.54.